The van der Waals surface area contributed by atoms with Crippen LogP contribution in [0, 0.1) is 0 Å². The molecule has 1 heterocycles. The van der Waals surface area contributed by atoms with Crippen molar-refractivity contribution in [1.82, 2.24) is 10.3 Å². The molecule has 0 amide bonds. The van der Waals surface area contributed by atoms with Crippen LogP contribution in [-0.4, -0.2) is 11.0 Å². The average Bonchev–Trinajstić information content (AvgIpc) is 2.40. The fourth-order valence-corrected chi connectivity index (χ4v) is 3.31. The molecule has 0 fully saturated rings. The van der Waals surface area contributed by atoms with E-state index >= 15 is 0 Å². The predicted octanol–water partition coefficient (Wildman–Crippen LogP) is 5.15. The van der Waals surface area contributed by atoms with Gasteiger partial charge in [0.05, 0.1) is 4.47 Å². The summed E-state index contributed by atoms with van der Waals surface area (Å²) in [7, 11) is 0. The molecule has 0 unspecified atom stereocenters. The van der Waals surface area contributed by atoms with Gasteiger partial charge in [-0.3, -0.25) is 0 Å². The molecule has 1 aromatic carbocycles. The molecule has 1 aromatic heterocycles. The molecule has 0 aliphatic heterocycles. The maximum absolute atomic E-state index is 6.12. The van der Waals surface area contributed by atoms with Crippen molar-refractivity contribution in [3.05, 3.63) is 51.6 Å². The number of halogens is 2. The Hall–Kier alpha value is -0.550. The van der Waals surface area contributed by atoms with E-state index in [0.717, 1.165) is 26.0 Å². The van der Waals surface area contributed by atoms with E-state index in [9.17, 15) is 0 Å². The molecule has 2 rings (SSSR count). The van der Waals surface area contributed by atoms with E-state index in [1.807, 2.05) is 24.3 Å². The first kappa shape index (κ1) is 15.8. The number of benzene rings is 1. The van der Waals surface area contributed by atoms with Crippen LogP contribution in [0.3, 0.4) is 0 Å². The minimum absolute atomic E-state index is 0.449. The zero-order chi connectivity index (χ0) is 14.5. The summed E-state index contributed by atoms with van der Waals surface area (Å²) < 4.78 is 0.993. The Balaban J connectivity index is 2.25. The maximum Gasteiger partial charge on any atom is 0.115 e. The molecular weight excluding hydrogens is 356 g/mol. The zero-order valence-electron chi connectivity index (χ0n) is 11.4. The summed E-state index contributed by atoms with van der Waals surface area (Å²) >= 11 is 11.3. The third-order valence-electron chi connectivity index (χ3n) is 2.66. The highest BCUT2D eigenvalue weighted by Gasteiger charge is 2.09. The number of hydrogen-bond acceptors (Lipinski definition) is 3. The number of nitrogens with zero attached hydrogens (tertiary/aromatic N) is 1. The third-order valence-corrected chi connectivity index (χ3v) is 4.92. The number of nitrogens with one attached hydrogen (secondary N) is 1. The van der Waals surface area contributed by atoms with Gasteiger partial charge in [0.25, 0.3) is 0 Å². The second kappa shape index (κ2) is 7.46. The molecule has 0 bridgehead atoms. The van der Waals surface area contributed by atoms with Gasteiger partial charge in [-0.25, -0.2) is 4.98 Å². The quantitative estimate of drug-likeness (QED) is 0.787. The molecule has 20 heavy (non-hydrogen) atoms. The van der Waals surface area contributed by atoms with Crippen LogP contribution in [0.5, 0.6) is 0 Å². The Kier molecular flexibility index (Phi) is 5.90. The summed E-state index contributed by atoms with van der Waals surface area (Å²) in [6.07, 6.45) is 1.80. The SMILES string of the molecule is CC(C)NCc1ccc(Cl)cc1Sc1ncccc1Br. The van der Waals surface area contributed by atoms with Gasteiger partial charge in [-0.2, -0.15) is 0 Å². The van der Waals surface area contributed by atoms with Gasteiger partial charge in [-0.15, -0.1) is 0 Å². The molecular formula is C15H16BrClN2S. The molecule has 0 spiro atoms. The van der Waals surface area contributed by atoms with Crippen LogP contribution < -0.4 is 5.32 Å². The number of aromatic nitrogens is 1. The topological polar surface area (TPSA) is 24.9 Å². The highest BCUT2D eigenvalue weighted by Crippen LogP contribution is 2.35. The maximum atomic E-state index is 6.12. The second-order valence-corrected chi connectivity index (χ2v) is 7.00. The van der Waals surface area contributed by atoms with E-state index < -0.39 is 0 Å². The van der Waals surface area contributed by atoms with E-state index in [2.05, 4.69) is 46.1 Å². The van der Waals surface area contributed by atoms with Gasteiger partial charge in [0, 0.05) is 28.7 Å². The molecule has 2 aromatic rings. The minimum atomic E-state index is 0.449. The standard InChI is InChI=1S/C15H16BrClN2S/c1-10(2)19-9-11-5-6-12(17)8-14(11)20-15-13(16)4-3-7-18-15/h3-8,10,19H,9H2,1-2H3. The summed E-state index contributed by atoms with van der Waals surface area (Å²) in [6, 6.07) is 10.3. The Morgan fingerprint density at radius 2 is 2.15 bits per heavy atom. The van der Waals surface area contributed by atoms with Crippen molar-refractivity contribution < 1.29 is 0 Å². The van der Waals surface area contributed by atoms with Gasteiger partial charge in [-0.05, 0) is 45.8 Å². The third kappa shape index (κ3) is 4.48. The van der Waals surface area contributed by atoms with Crippen molar-refractivity contribution in [2.75, 3.05) is 0 Å². The second-order valence-electron chi connectivity index (χ2n) is 4.68. The summed E-state index contributed by atoms with van der Waals surface area (Å²) in [5.41, 5.74) is 1.23. The fourth-order valence-electron chi connectivity index (χ4n) is 1.63. The molecule has 0 saturated heterocycles. The Bertz CT molecular complexity index is 590. The molecule has 1 N–H and O–H groups in total. The van der Waals surface area contributed by atoms with Crippen LogP contribution >= 0.6 is 39.3 Å². The average molecular weight is 372 g/mol. The summed E-state index contributed by atoms with van der Waals surface area (Å²) in [5, 5.41) is 5.12. The van der Waals surface area contributed by atoms with Crippen LogP contribution in [0.15, 0.2) is 50.9 Å². The largest absolute Gasteiger partial charge is 0.310 e. The van der Waals surface area contributed by atoms with E-state index in [1.54, 1.807) is 18.0 Å². The van der Waals surface area contributed by atoms with Crippen LogP contribution in [0.25, 0.3) is 0 Å². The van der Waals surface area contributed by atoms with Gasteiger partial charge < -0.3 is 5.32 Å². The molecule has 0 aliphatic carbocycles. The molecule has 0 radical (unpaired) electrons. The molecule has 0 aliphatic rings. The van der Waals surface area contributed by atoms with Crippen LogP contribution in [-0.2, 0) is 6.54 Å². The van der Waals surface area contributed by atoms with E-state index in [4.69, 9.17) is 11.6 Å². The predicted molar refractivity (Wildman–Crippen MR) is 89.5 cm³/mol. The van der Waals surface area contributed by atoms with Gasteiger partial charge in [0.2, 0.25) is 0 Å². The lowest BCUT2D eigenvalue weighted by atomic mass is 10.2. The lowest BCUT2D eigenvalue weighted by Gasteiger charge is -2.13. The fraction of sp³-hybridized carbons (Fsp3) is 0.267. The van der Waals surface area contributed by atoms with Crippen molar-refractivity contribution in [3.63, 3.8) is 0 Å². The Morgan fingerprint density at radius 3 is 2.85 bits per heavy atom. The Morgan fingerprint density at radius 1 is 1.35 bits per heavy atom. The van der Waals surface area contributed by atoms with Crippen molar-refractivity contribution in [3.8, 4) is 0 Å². The van der Waals surface area contributed by atoms with Gasteiger partial charge in [0.15, 0.2) is 0 Å². The van der Waals surface area contributed by atoms with Crippen LogP contribution in [0.1, 0.15) is 19.4 Å². The van der Waals surface area contributed by atoms with Crippen molar-refractivity contribution in [1.29, 1.82) is 0 Å². The first-order valence-electron chi connectivity index (χ1n) is 6.36. The molecule has 2 nitrogen and oxygen atoms in total. The number of rotatable bonds is 5. The Labute approximate surface area is 137 Å². The molecule has 0 saturated carbocycles. The summed E-state index contributed by atoms with van der Waals surface area (Å²) in [6.45, 7) is 5.10. The lowest BCUT2D eigenvalue weighted by Crippen LogP contribution is -2.22. The van der Waals surface area contributed by atoms with Crippen molar-refractivity contribution in [2.24, 2.45) is 0 Å². The van der Waals surface area contributed by atoms with Crippen LogP contribution in [0.4, 0.5) is 0 Å². The van der Waals surface area contributed by atoms with Gasteiger partial charge in [0.1, 0.15) is 5.03 Å². The van der Waals surface area contributed by atoms with Gasteiger partial charge in [-0.1, -0.05) is 43.3 Å². The molecule has 106 valence electrons. The first-order chi connectivity index (χ1) is 9.56. The normalized spacial score (nSPS) is 11.1. The molecule has 5 heteroatoms. The summed E-state index contributed by atoms with van der Waals surface area (Å²) in [5.74, 6) is 0. The van der Waals surface area contributed by atoms with E-state index in [-0.39, 0.29) is 0 Å². The van der Waals surface area contributed by atoms with Gasteiger partial charge >= 0.3 is 0 Å². The van der Waals surface area contributed by atoms with E-state index in [1.165, 1.54) is 5.56 Å². The van der Waals surface area contributed by atoms with E-state index in [0.29, 0.717) is 6.04 Å². The molecule has 0 atom stereocenters. The summed E-state index contributed by atoms with van der Waals surface area (Å²) in [4.78, 5) is 5.52. The highest BCUT2D eigenvalue weighted by atomic mass is 79.9. The number of pyridine rings is 1. The van der Waals surface area contributed by atoms with Crippen molar-refractivity contribution >= 4 is 39.3 Å². The lowest BCUT2D eigenvalue weighted by molar-refractivity contribution is 0.585. The van der Waals surface area contributed by atoms with Crippen molar-refractivity contribution in [2.45, 2.75) is 36.4 Å². The van der Waals surface area contributed by atoms with Crippen LogP contribution in [0.2, 0.25) is 5.02 Å². The minimum Gasteiger partial charge on any atom is -0.310 e. The monoisotopic (exact) mass is 370 g/mol. The first-order valence-corrected chi connectivity index (χ1v) is 8.35. The number of hydrogen-bond donors (Lipinski definition) is 1. The zero-order valence-corrected chi connectivity index (χ0v) is 14.5. The highest BCUT2D eigenvalue weighted by molar-refractivity contribution is 9.10. The smallest absolute Gasteiger partial charge is 0.115 e.